The van der Waals surface area contributed by atoms with Gasteiger partial charge in [-0.3, -0.25) is 4.79 Å². The van der Waals surface area contributed by atoms with Crippen molar-refractivity contribution in [2.75, 3.05) is 18.9 Å². The van der Waals surface area contributed by atoms with Gasteiger partial charge in [0.2, 0.25) is 0 Å². The number of carbonyl (C=O) groups excluding carboxylic acids is 1. The molecule has 1 fully saturated rings. The molecule has 7 nitrogen and oxygen atoms in total. The molecule has 4 rings (SSSR count). The Morgan fingerprint density at radius 2 is 1.76 bits per heavy atom. The summed E-state index contributed by atoms with van der Waals surface area (Å²) in [6, 6.07) is 22.2. The van der Waals surface area contributed by atoms with Crippen molar-refractivity contribution >= 4 is 27.5 Å². The Morgan fingerprint density at radius 1 is 1.03 bits per heavy atom. The van der Waals surface area contributed by atoms with Crippen LogP contribution >= 0.6 is 0 Å². The largest absolute Gasteiger partial charge is 0.362 e. The van der Waals surface area contributed by atoms with Crippen LogP contribution in [0.15, 0.2) is 82.1 Å². The first-order chi connectivity index (χ1) is 15.9. The predicted octanol–water partition coefficient (Wildman–Crippen LogP) is 4.29. The van der Waals surface area contributed by atoms with Crippen LogP contribution < -0.4 is 5.32 Å². The molecule has 1 amide bonds. The number of amidine groups is 1. The number of rotatable bonds is 5. The van der Waals surface area contributed by atoms with Gasteiger partial charge in [0.1, 0.15) is 5.84 Å². The maximum atomic E-state index is 13.1. The SMILES string of the molecule is CN1CCCC1=NS(=O)(=O)c1cccc(NC(=O)c2ccccc2-c2ccccc2C#N)c1. The molecule has 0 unspecified atom stereocenters. The average molecular weight is 459 g/mol. The molecule has 3 aromatic carbocycles. The Balaban J connectivity index is 1.63. The fraction of sp³-hybridized carbons (Fsp3) is 0.160. The summed E-state index contributed by atoms with van der Waals surface area (Å²) >= 11 is 0. The minimum absolute atomic E-state index is 0.0104. The summed E-state index contributed by atoms with van der Waals surface area (Å²) in [6.07, 6.45) is 1.49. The number of nitriles is 1. The lowest BCUT2D eigenvalue weighted by Gasteiger charge is -2.13. The number of amides is 1. The zero-order valence-corrected chi connectivity index (χ0v) is 18.8. The summed E-state index contributed by atoms with van der Waals surface area (Å²) < 4.78 is 29.6. The maximum absolute atomic E-state index is 13.1. The monoisotopic (exact) mass is 458 g/mol. The smallest absolute Gasteiger partial charge is 0.284 e. The first-order valence-corrected chi connectivity index (χ1v) is 11.9. The van der Waals surface area contributed by atoms with Gasteiger partial charge in [-0.05, 0) is 42.3 Å². The second kappa shape index (κ2) is 9.27. The number of anilines is 1. The van der Waals surface area contributed by atoms with Crippen LogP contribution in [0.4, 0.5) is 5.69 Å². The molecule has 0 radical (unpaired) electrons. The lowest BCUT2D eigenvalue weighted by atomic mass is 9.95. The van der Waals surface area contributed by atoms with Crippen LogP contribution in [0.1, 0.15) is 28.8 Å². The van der Waals surface area contributed by atoms with E-state index in [4.69, 9.17) is 0 Å². The minimum atomic E-state index is -3.90. The molecule has 1 N–H and O–H groups in total. The summed E-state index contributed by atoms with van der Waals surface area (Å²) in [5.74, 6) is 0.129. The van der Waals surface area contributed by atoms with Gasteiger partial charge in [0, 0.05) is 36.8 Å². The van der Waals surface area contributed by atoms with E-state index in [1.165, 1.54) is 12.1 Å². The highest BCUT2D eigenvalue weighted by molar-refractivity contribution is 7.90. The van der Waals surface area contributed by atoms with Gasteiger partial charge in [0.15, 0.2) is 0 Å². The van der Waals surface area contributed by atoms with E-state index in [2.05, 4.69) is 15.8 Å². The molecule has 0 aliphatic carbocycles. The molecule has 1 aliphatic heterocycles. The number of sulfonamides is 1. The number of nitrogens with one attached hydrogen (secondary N) is 1. The molecule has 1 saturated heterocycles. The second-order valence-corrected chi connectivity index (χ2v) is 9.30. The Labute approximate surface area is 193 Å². The Kier molecular flexibility index (Phi) is 6.24. The maximum Gasteiger partial charge on any atom is 0.284 e. The van der Waals surface area contributed by atoms with Gasteiger partial charge in [-0.25, -0.2) is 0 Å². The standard InChI is InChI=1S/C25H22N4O3S/c1-29-15-7-14-24(29)28-33(31,32)20-10-6-9-19(16-20)27-25(30)23-13-5-4-12-22(23)21-11-3-2-8-18(21)17-26/h2-6,8-13,16H,7,14-15H2,1H3,(H,27,30). The number of hydrogen-bond donors (Lipinski definition) is 1. The van der Waals surface area contributed by atoms with Gasteiger partial charge in [-0.2, -0.15) is 13.7 Å². The minimum Gasteiger partial charge on any atom is -0.362 e. The van der Waals surface area contributed by atoms with E-state index in [9.17, 15) is 18.5 Å². The van der Waals surface area contributed by atoms with E-state index in [0.717, 1.165) is 13.0 Å². The molecule has 33 heavy (non-hydrogen) atoms. The first kappa shape index (κ1) is 22.2. The molecule has 0 bridgehead atoms. The zero-order valence-electron chi connectivity index (χ0n) is 18.0. The van der Waals surface area contributed by atoms with Crippen LogP contribution in [-0.4, -0.2) is 38.7 Å². The third kappa shape index (κ3) is 4.78. The molecule has 0 spiro atoms. The Morgan fingerprint density at radius 3 is 2.48 bits per heavy atom. The number of benzene rings is 3. The molecule has 0 atom stereocenters. The number of likely N-dealkylation sites (tertiary alicyclic amines) is 1. The van der Waals surface area contributed by atoms with Crippen molar-refractivity contribution in [3.8, 4) is 17.2 Å². The van der Waals surface area contributed by atoms with Gasteiger partial charge >= 0.3 is 0 Å². The van der Waals surface area contributed by atoms with Crippen LogP contribution in [0.25, 0.3) is 11.1 Å². The summed E-state index contributed by atoms with van der Waals surface area (Å²) in [6.45, 7) is 0.777. The third-order valence-corrected chi connectivity index (χ3v) is 6.76. The van der Waals surface area contributed by atoms with Crippen LogP contribution in [0.3, 0.4) is 0 Å². The van der Waals surface area contributed by atoms with E-state index in [1.54, 1.807) is 54.6 Å². The number of hydrogen-bond acceptors (Lipinski definition) is 4. The normalized spacial score (nSPS) is 14.8. The molecular weight excluding hydrogens is 436 g/mol. The lowest BCUT2D eigenvalue weighted by molar-refractivity contribution is 0.102. The quantitative estimate of drug-likeness (QED) is 0.614. The van der Waals surface area contributed by atoms with E-state index in [-0.39, 0.29) is 4.90 Å². The van der Waals surface area contributed by atoms with Crippen molar-refractivity contribution in [2.24, 2.45) is 4.40 Å². The third-order valence-electron chi connectivity index (χ3n) is 5.46. The Bertz CT molecular complexity index is 1390. The first-order valence-electron chi connectivity index (χ1n) is 10.4. The fourth-order valence-electron chi connectivity index (χ4n) is 3.77. The zero-order chi connectivity index (χ0) is 23.4. The van der Waals surface area contributed by atoms with Crippen molar-refractivity contribution in [1.29, 1.82) is 5.26 Å². The van der Waals surface area contributed by atoms with Crippen molar-refractivity contribution in [1.82, 2.24) is 4.90 Å². The van der Waals surface area contributed by atoms with Crippen molar-refractivity contribution in [3.05, 3.63) is 83.9 Å². The van der Waals surface area contributed by atoms with Crippen molar-refractivity contribution in [3.63, 3.8) is 0 Å². The van der Waals surface area contributed by atoms with Crippen molar-refractivity contribution in [2.45, 2.75) is 17.7 Å². The van der Waals surface area contributed by atoms with Gasteiger partial charge in [-0.1, -0.05) is 42.5 Å². The van der Waals surface area contributed by atoms with E-state index < -0.39 is 15.9 Å². The molecule has 0 aromatic heterocycles. The molecule has 166 valence electrons. The highest BCUT2D eigenvalue weighted by Crippen LogP contribution is 2.28. The average Bonchev–Trinajstić information content (AvgIpc) is 3.22. The second-order valence-electron chi connectivity index (χ2n) is 7.69. The van der Waals surface area contributed by atoms with Crippen LogP contribution in [0.2, 0.25) is 0 Å². The number of nitrogens with zero attached hydrogens (tertiary/aromatic N) is 3. The van der Waals surface area contributed by atoms with Crippen LogP contribution in [-0.2, 0) is 10.0 Å². The summed E-state index contributed by atoms with van der Waals surface area (Å²) in [5, 5.41) is 12.2. The summed E-state index contributed by atoms with van der Waals surface area (Å²) in [5.41, 5.74) is 2.44. The van der Waals surface area contributed by atoms with Crippen molar-refractivity contribution < 1.29 is 13.2 Å². The topological polar surface area (TPSA) is 103 Å². The molecule has 1 aliphatic rings. The highest BCUT2D eigenvalue weighted by atomic mass is 32.2. The van der Waals surface area contributed by atoms with E-state index in [1.807, 2.05) is 18.0 Å². The Hall–Kier alpha value is -3.96. The predicted molar refractivity (Wildman–Crippen MR) is 127 cm³/mol. The fourth-order valence-corrected chi connectivity index (χ4v) is 4.91. The van der Waals surface area contributed by atoms with E-state index >= 15 is 0 Å². The molecule has 0 saturated carbocycles. The molecular formula is C25H22N4O3S. The van der Waals surface area contributed by atoms with Crippen LogP contribution in [0.5, 0.6) is 0 Å². The highest BCUT2D eigenvalue weighted by Gasteiger charge is 2.21. The van der Waals surface area contributed by atoms with E-state index in [0.29, 0.717) is 40.2 Å². The van der Waals surface area contributed by atoms with Gasteiger partial charge in [0.05, 0.1) is 16.5 Å². The molecule has 8 heteroatoms. The van der Waals surface area contributed by atoms with Gasteiger partial charge in [0.25, 0.3) is 15.9 Å². The molecule has 1 heterocycles. The molecule has 3 aromatic rings. The van der Waals surface area contributed by atoms with Crippen LogP contribution in [0, 0.1) is 11.3 Å². The van der Waals surface area contributed by atoms with Gasteiger partial charge < -0.3 is 10.2 Å². The summed E-state index contributed by atoms with van der Waals surface area (Å²) in [7, 11) is -2.08. The summed E-state index contributed by atoms with van der Waals surface area (Å²) in [4.78, 5) is 15.0. The number of carbonyl (C=O) groups is 1. The lowest BCUT2D eigenvalue weighted by Crippen LogP contribution is -2.20. The van der Waals surface area contributed by atoms with Gasteiger partial charge in [-0.15, -0.1) is 4.40 Å².